The van der Waals surface area contributed by atoms with Gasteiger partial charge in [-0.15, -0.1) is 0 Å². The Bertz CT molecular complexity index is 743. The average molecular weight is 294 g/mol. The van der Waals surface area contributed by atoms with Crippen molar-refractivity contribution < 1.29 is 8.42 Å². The molecule has 1 heterocycles. The molecule has 0 unspecified atom stereocenters. The number of anilines is 2. The van der Waals surface area contributed by atoms with E-state index in [1.165, 1.54) is 6.20 Å². The van der Waals surface area contributed by atoms with E-state index >= 15 is 0 Å². The molecule has 0 fully saturated rings. The van der Waals surface area contributed by atoms with Crippen LogP contribution in [-0.2, 0) is 17.1 Å². The van der Waals surface area contributed by atoms with Crippen LogP contribution in [0.25, 0.3) is 0 Å². The first-order valence-corrected chi connectivity index (χ1v) is 7.59. The average Bonchev–Trinajstić information content (AvgIpc) is 2.71. The second kappa shape index (κ2) is 4.82. The van der Waals surface area contributed by atoms with Crippen LogP contribution in [0.3, 0.4) is 0 Å². The molecular formula is C13H18N4O2S. The lowest BCUT2D eigenvalue weighted by Gasteiger charge is -2.12. The molecule has 0 aliphatic heterocycles. The summed E-state index contributed by atoms with van der Waals surface area (Å²) in [4.78, 5) is 4.03. The molecule has 0 radical (unpaired) electrons. The molecule has 6 nitrogen and oxygen atoms in total. The Morgan fingerprint density at radius 2 is 1.90 bits per heavy atom. The lowest BCUT2D eigenvalue weighted by Crippen LogP contribution is -2.15. The number of aryl methyl sites for hydroxylation is 3. The van der Waals surface area contributed by atoms with Crippen molar-refractivity contribution in [3.63, 3.8) is 0 Å². The molecule has 0 bridgehead atoms. The molecule has 20 heavy (non-hydrogen) atoms. The summed E-state index contributed by atoms with van der Waals surface area (Å²) in [5, 5.41) is -0.00366. The molecular weight excluding hydrogens is 276 g/mol. The molecule has 108 valence electrons. The largest absolute Gasteiger partial charge is 0.398 e. The smallest absolute Gasteiger partial charge is 0.280 e. The van der Waals surface area contributed by atoms with Gasteiger partial charge in [-0.1, -0.05) is 6.07 Å². The van der Waals surface area contributed by atoms with Gasteiger partial charge in [0.25, 0.3) is 10.0 Å². The fourth-order valence-electron chi connectivity index (χ4n) is 1.83. The van der Waals surface area contributed by atoms with E-state index in [0.717, 1.165) is 5.56 Å². The molecule has 2 rings (SSSR count). The Hall–Kier alpha value is -2.02. The molecule has 3 N–H and O–H groups in total. The van der Waals surface area contributed by atoms with Crippen LogP contribution in [0.4, 0.5) is 11.4 Å². The molecule has 7 heteroatoms. The molecule has 0 atom stereocenters. The number of nitrogens with one attached hydrogen (secondary N) is 1. The van der Waals surface area contributed by atoms with Gasteiger partial charge in [-0.2, -0.15) is 8.42 Å². The Labute approximate surface area is 118 Å². The number of rotatable bonds is 3. The molecule has 0 saturated heterocycles. The molecule has 2 aromatic rings. The van der Waals surface area contributed by atoms with Crippen molar-refractivity contribution in [1.29, 1.82) is 0 Å². The van der Waals surface area contributed by atoms with Crippen molar-refractivity contribution in [2.24, 2.45) is 7.05 Å². The predicted octanol–water partition coefficient (Wildman–Crippen LogP) is 1.73. The highest BCUT2D eigenvalue weighted by Crippen LogP contribution is 2.26. The summed E-state index contributed by atoms with van der Waals surface area (Å²) in [5.41, 5.74) is 8.59. The Kier molecular flexibility index (Phi) is 3.47. The minimum atomic E-state index is -3.70. The monoisotopic (exact) mass is 294 g/mol. The Morgan fingerprint density at radius 1 is 1.25 bits per heavy atom. The maximum absolute atomic E-state index is 12.3. The zero-order chi connectivity index (χ0) is 15.1. The first-order valence-electron chi connectivity index (χ1n) is 6.11. The fraction of sp³-hybridized carbons (Fsp3) is 0.308. The van der Waals surface area contributed by atoms with E-state index in [-0.39, 0.29) is 5.03 Å². The first-order chi connectivity index (χ1) is 9.22. The standard InChI is InChI=1S/C13H18N4O2S/c1-8-5-6-11(9(2)13(8)14)16-20(18,19)12-7-17(4)10(3)15-12/h5-7,16H,14H2,1-4H3. The van der Waals surface area contributed by atoms with E-state index in [1.807, 2.05) is 6.92 Å². The molecule has 0 saturated carbocycles. The van der Waals surface area contributed by atoms with E-state index < -0.39 is 10.0 Å². The summed E-state index contributed by atoms with van der Waals surface area (Å²) in [6, 6.07) is 3.48. The summed E-state index contributed by atoms with van der Waals surface area (Å²) in [6.07, 6.45) is 1.48. The minimum absolute atomic E-state index is 0.00366. The molecule has 0 aliphatic carbocycles. The molecule has 0 amide bonds. The third kappa shape index (κ3) is 2.49. The molecule has 0 aliphatic rings. The van der Waals surface area contributed by atoms with E-state index in [0.29, 0.717) is 22.8 Å². The number of hydrogen-bond donors (Lipinski definition) is 2. The number of hydrogen-bond acceptors (Lipinski definition) is 4. The van der Waals surface area contributed by atoms with Gasteiger partial charge < -0.3 is 10.3 Å². The topological polar surface area (TPSA) is 90.0 Å². The molecule has 0 spiro atoms. The summed E-state index contributed by atoms with van der Waals surface area (Å²) in [5.74, 6) is 0.630. The molecule has 1 aromatic heterocycles. The van der Waals surface area contributed by atoms with Gasteiger partial charge in [0.05, 0.1) is 5.69 Å². The summed E-state index contributed by atoms with van der Waals surface area (Å²) < 4.78 is 28.8. The molecule has 1 aromatic carbocycles. The van der Waals surface area contributed by atoms with Crippen LogP contribution in [0.2, 0.25) is 0 Å². The zero-order valence-electron chi connectivity index (χ0n) is 11.9. The summed E-state index contributed by atoms with van der Waals surface area (Å²) >= 11 is 0. The normalized spacial score (nSPS) is 11.6. The van der Waals surface area contributed by atoms with Crippen molar-refractivity contribution in [2.45, 2.75) is 25.8 Å². The maximum atomic E-state index is 12.3. The second-order valence-corrected chi connectivity index (χ2v) is 6.44. The van der Waals surface area contributed by atoms with E-state index in [9.17, 15) is 8.42 Å². The van der Waals surface area contributed by atoms with Crippen LogP contribution in [0.5, 0.6) is 0 Å². The zero-order valence-corrected chi connectivity index (χ0v) is 12.7. The van der Waals surface area contributed by atoms with Crippen molar-refractivity contribution in [1.82, 2.24) is 9.55 Å². The number of aromatic nitrogens is 2. The van der Waals surface area contributed by atoms with Gasteiger partial charge in [-0.25, -0.2) is 4.98 Å². The Balaban J connectivity index is 2.41. The lowest BCUT2D eigenvalue weighted by molar-refractivity contribution is 0.598. The minimum Gasteiger partial charge on any atom is -0.398 e. The van der Waals surface area contributed by atoms with Gasteiger partial charge in [0.1, 0.15) is 5.82 Å². The third-order valence-electron chi connectivity index (χ3n) is 3.34. The van der Waals surface area contributed by atoms with Gasteiger partial charge >= 0.3 is 0 Å². The van der Waals surface area contributed by atoms with Gasteiger partial charge in [0, 0.05) is 18.9 Å². The van der Waals surface area contributed by atoms with Gasteiger partial charge in [0.2, 0.25) is 0 Å². The van der Waals surface area contributed by atoms with Crippen LogP contribution in [-0.4, -0.2) is 18.0 Å². The van der Waals surface area contributed by atoms with Crippen LogP contribution in [0.1, 0.15) is 17.0 Å². The Morgan fingerprint density at radius 3 is 2.45 bits per heavy atom. The van der Waals surface area contributed by atoms with Crippen molar-refractivity contribution >= 4 is 21.4 Å². The lowest BCUT2D eigenvalue weighted by atomic mass is 10.1. The van der Waals surface area contributed by atoms with Crippen LogP contribution < -0.4 is 10.5 Å². The van der Waals surface area contributed by atoms with Crippen molar-refractivity contribution in [3.8, 4) is 0 Å². The third-order valence-corrected chi connectivity index (χ3v) is 4.58. The highest BCUT2D eigenvalue weighted by molar-refractivity contribution is 7.92. The van der Waals surface area contributed by atoms with Gasteiger partial charge in [-0.3, -0.25) is 4.72 Å². The SMILES string of the molecule is Cc1ccc(NS(=O)(=O)c2cn(C)c(C)n2)c(C)c1N. The van der Waals surface area contributed by atoms with Crippen molar-refractivity contribution in [3.05, 3.63) is 35.3 Å². The van der Waals surface area contributed by atoms with Gasteiger partial charge in [0.15, 0.2) is 5.03 Å². The number of benzene rings is 1. The number of imidazole rings is 1. The number of nitrogens with two attached hydrogens (primary N) is 1. The summed E-state index contributed by atoms with van der Waals surface area (Å²) in [7, 11) is -1.96. The van der Waals surface area contributed by atoms with E-state index in [1.54, 1.807) is 37.6 Å². The maximum Gasteiger partial charge on any atom is 0.280 e. The quantitative estimate of drug-likeness (QED) is 0.844. The van der Waals surface area contributed by atoms with Crippen LogP contribution in [0, 0.1) is 20.8 Å². The highest BCUT2D eigenvalue weighted by Gasteiger charge is 2.20. The van der Waals surface area contributed by atoms with E-state index in [2.05, 4.69) is 9.71 Å². The van der Waals surface area contributed by atoms with Crippen LogP contribution in [0.15, 0.2) is 23.4 Å². The predicted molar refractivity (Wildman–Crippen MR) is 79.1 cm³/mol. The number of nitrogens with zero attached hydrogens (tertiary/aromatic N) is 2. The van der Waals surface area contributed by atoms with E-state index in [4.69, 9.17) is 5.73 Å². The number of nitrogen functional groups attached to an aromatic ring is 1. The first kappa shape index (κ1) is 14.4. The highest BCUT2D eigenvalue weighted by atomic mass is 32.2. The van der Waals surface area contributed by atoms with Crippen LogP contribution >= 0.6 is 0 Å². The van der Waals surface area contributed by atoms with Gasteiger partial charge in [-0.05, 0) is 38.0 Å². The second-order valence-electron chi connectivity index (χ2n) is 4.81. The van der Waals surface area contributed by atoms with Crippen molar-refractivity contribution in [2.75, 3.05) is 10.5 Å². The fourth-order valence-corrected chi connectivity index (χ4v) is 2.99. The number of sulfonamides is 1. The summed E-state index contributed by atoms with van der Waals surface area (Å²) in [6.45, 7) is 5.40.